The summed E-state index contributed by atoms with van der Waals surface area (Å²) in [6, 6.07) is -0.282. The average molecular weight is 217 g/mol. The summed E-state index contributed by atoms with van der Waals surface area (Å²) in [6.45, 7) is 4.17. The number of aliphatic hydroxyl groups is 1. The van der Waals surface area contributed by atoms with Gasteiger partial charge in [0.05, 0.1) is 12.5 Å². The van der Waals surface area contributed by atoms with Crippen LogP contribution in [-0.4, -0.2) is 52.6 Å². The molecule has 0 aromatic rings. The fourth-order valence-corrected chi connectivity index (χ4v) is 1.27. The van der Waals surface area contributed by atoms with Crippen LogP contribution in [0.15, 0.2) is 0 Å². The number of carboxylic acid groups (broad SMARTS) is 1. The van der Waals surface area contributed by atoms with Crippen LogP contribution in [0.3, 0.4) is 0 Å². The molecule has 0 aliphatic heterocycles. The molecule has 0 saturated carbocycles. The monoisotopic (exact) mass is 217 g/mol. The summed E-state index contributed by atoms with van der Waals surface area (Å²) in [5, 5.41) is 17.2. The molecule has 0 saturated heterocycles. The van der Waals surface area contributed by atoms with E-state index in [1.807, 2.05) is 0 Å². The van der Waals surface area contributed by atoms with Gasteiger partial charge >= 0.3 is 5.97 Å². The van der Waals surface area contributed by atoms with Crippen molar-refractivity contribution in [3.63, 3.8) is 0 Å². The van der Waals surface area contributed by atoms with Crippen LogP contribution in [-0.2, 0) is 9.59 Å². The zero-order chi connectivity index (χ0) is 11.8. The second-order valence-electron chi connectivity index (χ2n) is 3.54. The highest BCUT2D eigenvalue weighted by atomic mass is 16.4. The third-order valence-electron chi connectivity index (χ3n) is 2.35. The van der Waals surface area contributed by atoms with Crippen molar-refractivity contribution >= 4 is 11.8 Å². The lowest BCUT2D eigenvalue weighted by atomic mass is 10.2. The first-order valence-electron chi connectivity index (χ1n) is 5.06. The first kappa shape index (κ1) is 14.1. The highest BCUT2D eigenvalue weighted by Gasteiger charge is 2.17. The zero-order valence-corrected chi connectivity index (χ0v) is 9.27. The van der Waals surface area contributed by atoms with E-state index in [1.165, 1.54) is 6.92 Å². The van der Waals surface area contributed by atoms with Crippen LogP contribution in [0.4, 0.5) is 0 Å². The van der Waals surface area contributed by atoms with Crippen LogP contribution < -0.4 is 0 Å². The fraction of sp³-hybridized carbons (Fsp3) is 0.800. The van der Waals surface area contributed by atoms with Gasteiger partial charge in [-0.25, -0.2) is 0 Å². The molecule has 5 nitrogen and oxygen atoms in total. The van der Waals surface area contributed by atoms with Crippen LogP contribution >= 0.6 is 0 Å². The van der Waals surface area contributed by atoms with Gasteiger partial charge in [0.1, 0.15) is 5.78 Å². The van der Waals surface area contributed by atoms with E-state index in [-0.39, 0.29) is 24.9 Å². The Morgan fingerprint density at radius 2 is 1.93 bits per heavy atom. The minimum Gasteiger partial charge on any atom is -0.481 e. The van der Waals surface area contributed by atoms with E-state index < -0.39 is 5.97 Å². The van der Waals surface area contributed by atoms with Crippen LogP contribution in [0.1, 0.15) is 26.7 Å². The summed E-state index contributed by atoms with van der Waals surface area (Å²) >= 11 is 0. The molecule has 0 bridgehead atoms. The van der Waals surface area contributed by atoms with Gasteiger partial charge in [0, 0.05) is 19.7 Å². The van der Waals surface area contributed by atoms with Crippen molar-refractivity contribution in [2.75, 3.05) is 19.7 Å². The van der Waals surface area contributed by atoms with Gasteiger partial charge in [0.25, 0.3) is 0 Å². The minimum absolute atomic E-state index is 0.0123. The largest absolute Gasteiger partial charge is 0.481 e. The highest BCUT2D eigenvalue weighted by molar-refractivity contribution is 5.81. The van der Waals surface area contributed by atoms with Gasteiger partial charge in [-0.2, -0.15) is 0 Å². The maximum absolute atomic E-state index is 11.1. The summed E-state index contributed by atoms with van der Waals surface area (Å²) < 4.78 is 0. The molecule has 0 spiro atoms. The number of carbonyl (C=O) groups is 2. The molecule has 5 heteroatoms. The Labute approximate surface area is 89.7 Å². The Bertz CT molecular complexity index is 217. The SMILES string of the molecule is CC(=O)C(C)N(CCCO)CCC(=O)O. The Morgan fingerprint density at radius 1 is 1.33 bits per heavy atom. The molecular weight excluding hydrogens is 198 g/mol. The lowest BCUT2D eigenvalue weighted by Gasteiger charge is -2.26. The second kappa shape index (κ2) is 7.36. The van der Waals surface area contributed by atoms with Crippen molar-refractivity contribution in [3.8, 4) is 0 Å². The van der Waals surface area contributed by atoms with Crippen LogP contribution in [0, 0.1) is 0 Å². The van der Waals surface area contributed by atoms with Crippen molar-refractivity contribution in [1.82, 2.24) is 4.90 Å². The molecule has 2 N–H and O–H groups in total. The number of ketones is 1. The van der Waals surface area contributed by atoms with Crippen molar-refractivity contribution in [2.45, 2.75) is 32.7 Å². The number of carboxylic acids is 1. The molecule has 1 atom stereocenters. The fourth-order valence-electron chi connectivity index (χ4n) is 1.27. The van der Waals surface area contributed by atoms with Gasteiger partial charge in [-0.3, -0.25) is 14.5 Å². The Balaban J connectivity index is 4.16. The Morgan fingerprint density at radius 3 is 2.33 bits per heavy atom. The number of aliphatic carboxylic acids is 1. The van der Waals surface area contributed by atoms with E-state index in [1.54, 1.807) is 11.8 Å². The van der Waals surface area contributed by atoms with E-state index in [9.17, 15) is 9.59 Å². The maximum Gasteiger partial charge on any atom is 0.304 e. The average Bonchev–Trinajstić information content (AvgIpc) is 2.16. The molecule has 0 aromatic heterocycles. The van der Waals surface area contributed by atoms with Gasteiger partial charge < -0.3 is 10.2 Å². The van der Waals surface area contributed by atoms with Crippen molar-refractivity contribution in [3.05, 3.63) is 0 Å². The normalized spacial score (nSPS) is 12.8. The molecule has 0 aliphatic carbocycles. The molecule has 0 fully saturated rings. The number of carbonyl (C=O) groups excluding carboxylic acids is 1. The molecule has 0 rings (SSSR count). The van der Waals surface area contributed by atoms with E-state index in [2.05, 4.69) is 0 Å². The number of hydrogen-bond acceptors (Lipinski definition) is 4. The van der Waals surface area contributed by atoms with Crippen molar-refractivity contribution in [2.24, 2.45) is 0 Å². The number of aliphatic hydroxyl groups excluding tert-OH is 1. The predicted octanol–water partition coefficient (Wildman–Crippen LogP) is 0.123. The lowest BCUT2D eigenvalue weighted by molar-refractivity contribution is -0.138. The quantitative estimate of drug-likeness (QED) is 0.604. The molecule has 0 aromatic carbocycles. The van der Waals surface area contributed by atoms with Gasteiger partial charge in [0.15, 0.2) is 0 Å². The van der Waals surface area contributed by atoms with E-state index in [0.29, 0.717) is 19.5 Å². The molecule has 0 amide bonds. The maximum atomic E-state index is 11.1. The van der Waals surface area contributed by atoms with Crippen LogP contribution in [0.2, 0.25) is 0 Å². The summed E-state index contributed by atoms with van der Waals surface area (Å²) in [5.41, 5.74) is 0. The first-order chi connectivity index (χ1) is 6.99. The Kier molecular flexibility index (Phi) is 6.90. The van der Waals surface area contributed by atoms with Crippen molar-refractivity contribution in [1.29, 1.82) is 0 Å². The highest BCUT2D eigenvalue weighted by Crippen LogP contribution is 2.03. The smallest absolute Gasteiger partial charge is 0.304 e. The molecule has 1 unspecified atom stereocenters. The van der Waals surface area contributed by atoms with Crippen molar-refractivity contribution < 1.29 is 19.8 Å². The van der Waals surface area contributed by atoms with E-state index >= 15 is 0 Å². The number of rotatable bonds is 8. The van der Waals surface area contributed by atoms with Crippen LogP contribution in [0.5, 0.6) is 0 Å². The topological polar surface area (TPSA) is 77.8 Å². The van der Waals surface area contributed by atoms with E-state index in [4.69, 9.17) is 10.2 Å². The number of nitrogens with zero attached hydrogens (tertiary/aromatic N) is 1. The molecule has 88 valence electrons. The van der Waals surface area contributed by atoms with Gasteiger partial charge in [0.2, 0.25) is 0 Å². The number of Topliss-reactive ketones (excluding diaryl/α,β-unsaturated/α-hetero) is 1. The van der Waals surface area contributed by atoms with Gasteiger partial charge in [-0.1, -0.05) is 0 Å². The summed E-state index contributed by atoms with van der Waals surface area (Å²) in [7, 11) is 0. The summed E-state index contributed by atoms with van der Waals surface area (Å²) in [4.78, 5) is 23.3. The molecule has 0 radical (unpaired) electrons. The Hall–Kier alpha value is -0.940. The first-order valence-corrected chi connectivity index (χ1v) is 5.06. The van der Waals surface area contributed by atoms with Crippen LogP contribution in [0.25, 0.3) is 0 Å². The molecular formula is C10H19NO4. The molecule has 0 aliphatic rings. The predicted molar refractivity (Wildman–Crippen MR) is 55.7 cm³/mol. The minimum atomic E-state index is -0.875. The standard InChI is InChI=1S/C10H19NO4/c1-8(9(2)13)11(5-3-7-12)6-4-10(14)15/h8,12H,3-7H2,1-2H3,(H,14,15). The summed E-state index contributed by atoms with van der Waals surface area (Å²) in [5.74, 6) is -0.863. The van der Waals surface area contributed by atoms with Gasteiger partial charge in [-0.05, 0) is 20.3 Å². The summed E-state index contributed by atoms with van der Waals surface area (Å²) in [6.07, 6.45) is 0.570. The van der Waals surface area contributed by atoms with Gasteiger partial charge in [-0.15, -0.1) is 0 Å². The lowest BCUT2D eigenvalue weighted by Crippen LogP contribution is -2.40. The third-order valence-corrected chi connectivity index (χ3v) is 2.35. The molecule has 15 heavy (non-hydrogen) atoms. The third kappa shape index (κ3) is 6.19. The molecule has 0 heterocycles. The second-order valence-corrected chi connectivity index (χ2v) is 3.54. The van der Waals surface area contributed by atoms with E-state index in [0.717, 1.165) is 0 Å². The number of hydrogen-bond donors (Lipinski definition) is 2. The zero-order valence-electron chi connectivity index (χ0n) is 9.27.